The molecule has 2 rings (SSSR count). The summed E-state index contributed by atoms with van der Waals surface area (Å²) in [5.74, 6) is 0.715. The number of aromatic nitrogens is 1. The largest absolute Gasteiger partial charge is 0.356 e. The van der Waals surface area contributed by atoms with E-state index in [-0.39, 0.29) is 23.3 Å². The summed E-state index contributed by atoms with van der Waals surface area (Å²) in [6.45, 7) is 0.649. The van der Waals surface area contributed by atoms with Crippen LogP contribution in [0.1, 0.15) is 31.2 Å². The third-order valence-electron chi connectivity index (χ3n) is 3.79. The van der Waals surface area contributed by atoms with Gasteiger partial charge in [-0.15, -0.1) is 0 Å². The Morgan fingerprint density at radius 3 is 2.95 bits per heavy atom. The summed E-state index contributed by atoms with van der Waals surface area (Å²) in [6, 6.07) is 3.93. The van der Waals surface area contributed by atoms with Gasteiger partial charge in [0.2, 0.25) is 5.91 Å². The van der Waals surface area contributed by atoms with Crippen LogP contribution in [0.3, 0.4) is 0 Å². The predicted octanol–water partition coefficient (Wildman–Crippen LogP) is 1.35. The van der Waals surface area contributed by atoms with Crippen molar-refractivity contribution in [3.8, 4) is 0 Å². The Balaban J connectivity index is 1.56. The molecule has 0 aliphatic carbocycles. The van der Waals surface area contributed by atoms with Crippen LogP contribution >= 0.6 is 0 Å². The first kappa shape index (κ1) is 15.9. The van der Waals surface area contributed by atoms with E-state index in [1.54, 1.807) is 6.20 Å². The van der Waals surface area contributed by atoms with Crippen molar-refractivity contribution >= 4 is 15.7 Å². The maximum atomic E-state index is 11.7. The molecular weight excluding hydrogens is 288 g/mol. The fourth-order valence-corrected chi connectivity index (χ4v) is 4.50. The number of sulfone groups is 1. The number of amides is 1. The molecule has 1 N–H and O–H groups in total. The van der Waals surface area contributed by atoms with E-state index in [2.05, 4.69) is 10.3 Å². The molecule has 1 aromatic heterocycles. The Kier molecular flexibility index (Phi) is 5.73. The van der Waals surface area contributed by atoms with Gasteiger partial charge in [0.1, 0.15) is 0 Å². The van der Waals surface area contributed by atoms with Crippen LogP contribution in [0.4, 0.5) is 0 Å². The van der Waals surface area contributed by atoms with Crippen molar-refractivity contribution < 1.29 is 13.2 Å². The molecule has 116 valence electrons. The quantitative estimate of drug-likeness (QED) is 0.771. The minimum absolute atomic E-state index is 0.0190. The highest BCUT2D eigenvalue weighted by molar-refractivity contribution is 7.91. The van der Waals surface area contributed by atoms with Gasteiger partial charge in [-0.1, -0.05) is 6.07 Å². The molecule has 1 aromatic rings. The van der Waals surface area contributed by atoms with Crippen LogP contribution in [-0.2, 0) is 21.1 Å². The summed E-state index contributed by atoms with van der Waals surface area (Å²) >= 11 is 0. The van der Waals surface area contributed by atoms with E-state index in [4.69, 9.17) is 0 Å². The van der Waals surface area contributed by atoms with E-state index in [1.807, 2.05) is 18.3 Å². The van der Waals surface area contributed by atoms with Gasteiger partial charge in [-0.2, -0.15) is 0 Å². The lowest BCUT2D eigenvalue weighted by molar-refractivity contribution is -0.121. The average molecular weight is 310 g/mol. The molecule has 0 saturated carbocycles. The lowest BCUT2D eigenvalue weighted by Gasteiger charge is -2.08. The van der Waals surface area contributed by atoms with Crippen LogP contribution in [0.5, 0.6) is 0 Å². The second kappa shape index (κ2) is 7.54. The first-order chi connectivity index (χ1) is 10.1. The minimum Gasteiger partial charge on any atom is -0.356 e. The number of carbonyl (C=O) groups is 1. The van der Waals surface area contributed by atoms with E-state index in [0.717, 1.165) is 12.8 Å². The number of aryl methyl sites for hydroxylation is 1. The summed E-state index contributed by atoms with van der Waals surface area (Å²) in [5.41, 5.74) is 1.17. The summed E-state index contributed by atoms with van der Waals surface area (Å²) in [5, 5.41) is 2.89. The molecule has 0 aromatic carbocycles. The van der Waals surface area contributed by atoms with Gasteiger partial charge in [0.25, 0.3) is 0 Å². The second-order valence-corrected chi connectivity index (χ2v) is 7.85. The van der Waals surface area contributed by atoms with Crippen molar-refractivity contribution in [3.63, 3.8) is 0 Å². The van der Waals surface area contributed by atoms with Crippen LogP contribution in [-0.4, -0.2) is 37.4 Å². The van der Waals surface area contributed by atoms with Gasteiger partial charge in [0, 0.05) is 25.4 Å². The van der Waals surface area contributed by atoms with Gasteiger partial charge in [-0.3, -0.25) is 9.78 Å². The molecule has 1 aliphatic heterocycles. The van der Waals surface area contributed by atoms with Crippen LogP contribution in [0, 0.1) is 5.92 Å². The Morgan fingerprint density at radius 1 is 1.43 bits per heavy atom. The second-order valence-electron chi connectivity index (χ2n) is 5.62. The Labute approximate surface area is 126 Å². The fraction of sp³-hybridized carbons (Fsp3) is 0.600. The summed E-state index contributed by atoms with van der Waals surface area (Å²) in [7, 11) is -2.83. The summed E-state index contributed by atoms with van der Waals surface area (Å²) in [4.78, 5) is 15.7. The minimum atomic E-state index is -2.83. The molecule has 21 heavy (non-hydrogen) atoms. The highest BCUT2D eigenvalue weighted by atomic mass is 32.2. The van der Waals surface area contributed by atoms with Crippen LogP contribution < -0.4 is 5.32 Å². The van der Waals surface area contributed by atoms with Crippen molar-refractivity contribution in [2.45, 2.75) is 32.1 Å². The molecule has 1 unspecified atom stereocenters. The smallest absolute Gasteiger partial charge is 0.220 e. The van der Waals surface area contributed by atoms with Gasteiger partial charge < -0.3 is 5.32 Å². The van der Waals surface area contributed by atoms with Crippen molar-refractivity contribution in [1.82, 2.24) is 10.3 Å². The van der Waals surface area contributed by atoms with Crippen molar-refractivity contribution in [1.29, 1.82) is 0 Å². The van der Waals surface area contributed by atoms with Crippen LogP contribution in [0.2, 0.25) is 0 Å². The van der Waals surface area contributed by atoms with Gasteiger partial charge in [-0.05, 0) is 43.2 Å². The van der Waals surface area contributed by atoms with Crippen molar-refractivity contribution in [2.75, 3.05) is 18.1 Å². The van der Waals surface area contributed by atoms with Gasteiger partial charge in [0.05, 0.1) is 11.5 Å². The average Bonchev–Trinajstić information content (AvgIpc) is 2.82. The zero-order valence-corrected chi connectivity index (χ0v) is 12.9. The third-order valence-corrected chi connectivity index (χ3v) is 5.63. The highest BCUT2D eigenvalue weighted by Gasteiger charge is 2.27. The highest BCUT2D eigenvalue weighted by Crippen LogP contribution is 2.22. The lowest BCUT2D eigenvalue weighted by atomic mass is 10.0. The molecule has 1 fully saturated rings. The number of nitrogens with one attached hydrogen (secondary N) is 1. The van der Waals surface area contributed by atoms with Gasteiger partial charge >= 0.3 is 0 Å². The monoisotopic (exact) mass is 310 g/mol. The number of hydrogen-bond donors (Lipinski definition) is 1. The molecule has 1 amide bonds. The zero-order chi connectivity index (χ0) is 15.1. The topological polar surface area (TPSA) is 76.1 Å². The van der Waals surface area contributed by atoms with E-state index < -0.39 is 9.84 Å². The number of pyridine rings is 1. The maximum absolute atomic E-state index is 11.7. The molecule has 2 heterocycles. The standard InChI is InChI=1S/C15H22N2O3S/c18-15(6-5-14-7-10-21(19,20)12-14)17-9-2-4-13-3-1-8-16-11-13/h1,3,8,11,14H,2,4-7,9-10,12H2,(H,17,18). The zero-order valence-electron chi connectivity index (χ0n) is 12.1. The third kappa shape index (κ3) is 5.83. The number of carbonyl (C=O) groups excluding carboxylic acids is 1. The number of rotatable bonds is 7. The van der Waals surface area contributed by atoms with Gasteiger partial charge in [0.15, 0.2) is 9.84 Å². The summed E-state index contributed by atoms with van der Waals surface area (Å²) < 4.78 is 22.7. The Bertz CT molecular complexity index is 558. The molecule has 0 spiro atoms. The van der Waals surface area contributed by atoms with Crippen LogP contribution in [0.25, 0.3) is 0 Å². The normalized spacial score (nSPS) is 20.3. The van der Waals surface area contributed by atoms with Crippen molar-refractivity contribution in [3.05, 3.63) is 30.1 Å². The first-order valence-electron chi connectivity index (χ1n) is 7.41. The predicted molar refractivity (Wildman–Crippen MR) is 81.6 cm³/mol. The maximum Gasteiger partial charge on any atom is 0.220 e. The van der Waals surface area contributed by atoms with E-state index in [9.17, 15) is 13.2 Å². The SMILES string of the molecule is O=C(CCC1CCS(=O)(=O)C1)NCCCc1cccnc1. The van der Waals surface area contributed by atoms with E-state index in [1.165, 1.54) is 5.56 Å². The van der Waals surface area contributed by atoms with Crippen LogP contribution in [0.15, 0.2) is 24.5 Å². The van der Waals surface area contributed by atoms with Gasteiger partial charge in [-0.25, -0.2) is 8.42 Å². The molecule has 0 bridgehead atoms. The van der Waals surface area contributed by atoms with E-state index >= 15 is 0 Å². The lowest BCUT2D eigenvalue weighted by Crippen LogP contribution is -2.25. The molecular formula is C15H22N2O3S. The van der Waals surface area contributed by atoms with E-state index in [0.29, 0.717) is 25.8 Å². The molecule has 0 radical (unpaired) electrons. The molecule has 1 aliphatic rings. The molecule has 6 heteroatoms. The first-order valence-corrected chi connectivity index (χ1v) is 9.23. The Hall–Kier alpha value is -1.43. The summed E-state index contributed by atoms with van der Waals surface area (Å²) in [6.07, 6.45) is 7.17. The molecule has 1 saturated heterocycles. The molecule has 1 atom stereocenters. The number of hydrogen-bond acceptors (Lipinski definition) is 4. The Morgan fingerprint density at radius 2 is 2.29 bits per heavy atom. The fourth-order valence-electron chi connectivity index (χ4n) is 2.59. The van der Waals surface area contributed by atoms with Crippen molar-refractivity contribution in [2.24, 2.45) is 5.92 Å². The molecule has 5 nitrogen and oxygen atoms in total. The number of nitrogens with zero attached hydrogens (tertiary/aromatic N) is 1.